The third-order valence-electron chi connectivity index (χ3n) is 5.78. The van der Waals surface area contributed by atoms with Gasteiger partial charge >= 0.3 is 0 Å². The number of nitrogens with one attached hydrogen (secondary N) is 1. The summed E-state index contributed by atoms with van der Waals surface area (Å²) in [5.41, 5.74) is 1.38. The minimum atomic E-state index is 0.511. The lowest BCUT2D eigenvalue weighted by molar-refractivity contribution is 0.0152. The molecule has 2 nitrogen and oxygen atoms in total. The Bertz CT molecular complexity index is 325. The molecule has 2 aliphatic heterocycles. The van der Waals surface area contributed by atoms with Crippen LogP contribution in [0.3, 0.4) is 0 Å². The molecular weight excluding hydrogens is 220 g/mol. The van der Waals surface area contributed by atoms with Crippen molar-refractivity contribution in [2.75, 3.05) is 7.05 Å². The first-order valence-corrected chi connectivity index (χ1v) is 7.86. The van der Waals surface area contributed by atoms with Gasteiger partial charge in [0.15, 0.2) is 0 Å². The molecule has 5 atom stereocenters. The van der Waals surface area contributed by atoms with Crippen LogP contribution in [0.25, 0.3) is 0 Å². The lowest BCUT2D eigenvalue weighted by Gasteiger charge is -2.52. The molecule has 4 unspecified atom stereocenters. The molecule has 2 saturated heterocycles. The molecule has 3 rings (SSSR count). The van der Waals surface area contributed by atoms with Gasteiger partial charge < -0.3 is 10.2 Å². The van der Waals surface area contributed by atoms with Gasteiger partial charge in [0.1, 0.15) is 0 Å². The highest BCUT2D eigenvalue weighted by atomic mass is 15.2. The highest BCUT2D eigenvalue weighted by molar-refractivity contribution is 5.14. The molecule has 1 aliphatic carbocycles. The third kappa shape index (κ3) is 1.89. The van der Waals surface area contributed by atoms with Crippen LogP contribution in [0.5, 0.6) is 0 Å². The molecule has 0 radical (unpaired) electrons. The van der Waals surface area contributed by atoms with Crippen LogP contribution in [0.2, 0.25) is 0 Å². The summed E-state index contributed by atoms with van der Waals surface area (Å²) in [5, 5.41) is 3.49. The molecule has 0 aromatic rings. The van der Waals surface area contributed by atoms with Gasteiger partial charge in [0.05, 0.1) is 0 Å². The molecule has 3 aliphatic rings. The van der Waals surface area contributed by atoms with Gasteiger partial charge in [0.25, 0.3) is 0 Å². The standard InChI is InChI=1S/C16H28N2/c1-11-7-8-13-5-4-6-14-9-10-15(17-3)12(2)18(11)16(13)14/h11,13-17H,2,4-10H2,1,3H3/t11?,13?,14?,15-,16?/m0/s1. The first kappa shape index (κ1) is 12.5. The van der Waals surface area contributed by atoms with Gasteiger partial charge in [-0.2, -0.15) is 0 Å². The molecule has 18 heavy (non-hydrogen) atoms. The van der Waals surface area contributed by atoms with Crippen LogP contribution in [0.1, 0.15) is 51.9 Å². The number of nitrogens with zero attached hydrogens (tertiary/aromatic N) is 1. The highest BCUT2D eigenvalue weighted by Gasteiger charge is 2.45. The van der Waals surface area contributed by atoms with Gasteiger partial charge in [-0.15, -0.1) is 0 Å². The highest BCUT2D eigenvalue weighted by Crippen LogP contribution is 2.46. The summed E-state index contributed by atoms with van der Waals surface area (Å²) in [6.07, 6.45) is 9.88. The lowest BCUT2D eigenvalue weighted by atomic mass is 9.70. The molecule has 0 aromatic carbocycles. The molecule has 0 aromatic heterocycles. The predicted molar refractivity (Wildman–Crippen MR) is 76.4 cm³/mol. The fourth-order valence-corrected chi connectivity index (χ4v) is 4.85. The van der Waals surface area contributed by atoms with Gasteiger partial charge in [-0.05, 0) is 64.3 Å². The van der Waals surface area contributed by atoms with Crippen molar-refractivity contribution in [1.82, 2.24) is 10.2 Å². The van der Waals surface area contributed by atoms with E-state index in [2.05, 4.69) is 30.8 Å². The smallest absolute Gasteiger partial charge is 0.0463 e. The van der Waals surface area contributed by atoms with Crippen LogP contribution in [0.15, 0.2) is 12.3 Å². The van der Waals surface area contributed by atoms with Crippen LogP contribution in [0, 0.1) is 11.8 Å². The molecule has 3 fully saturated rings. The zero-order valence-corrected chi connectivity index (χ0v) is 12.0. The van der Waals surface area contributed by atoms with Crippen molar-refractivity contribution < 1.29 is 0 Å². The number of rotatable bonds is 1. The molecular formula is C16H28N2. The fourth-order valence-electron chi connectivity index (χ4n) is 4.85. The van der Waals surface area contributed by atoms with Gasteiger partial charge in [-0.3, -0.25) is 0 Å². The number of piperidine rings is 1. The maximum Gasteiger partial charge on any atom is 0.0463 e. The second kappa shape index (κ2) is 4.88. The molecule has 2 heteroatoms. The SMILES string of the molecule is C=C1[C@@H](NC)CCC2CCCC3CCC(C)N1C32. The largest absolute Gasteiger partial charge is 0.368 e. The van der Waals surface area contributed by atoms with Gasteiger partial charge in [0, 0.05) is 23.8 Å². The van der Waals surface area contributed by atoms with E-state index >= 15 is 0 Å². The van der Waals surface area contributed by atoms with Crippen LogP contribution < -0.4 is 5.32 Å². The van der Waals surface area contributed by atoms with Crippen LogP contribution >= 0.6 is 0 Å². The van der Waals surface area contributed by atoms with Crippen molar-refractivity contribution in [1.29, 1.82) is 0 Å². The first-order valence-electron chi connectivity index (χ1n) is 7.86. The van der Waals surface area contributed by atoms with Gasteiger partial charge in [0.2, 0.25) is 0 Å². The van der Waals surface area contributed by atoms with Crippen molar-refractivity contribution in [2.24, 2.45) is 11.8 Å². The normalized spacial score (nSPS) is 44.4. The van der Waals surface area contributed by atoms with Crippen molar-refractivity contribution in [3.05, 3.63) is 12.3 Å². The predicted octanol–water partition coefficient (Wildman–Crippen LogP) is 3.15. The van der Waals surface area contributed by atoms with Crippen molar-refractivity contribution in [2.45, 2.75) is 70.0 Å². The minimum Gasteiger partial charge on any atom is -0.368 e. The van der Waals surface area contributed by atoms with E-state index in [4.69, 9.17) is 0 Å². The van der Waals surface area contributed by atoms with E-state index in [9.17, 15) is 0 Å². The van der Waals surface area contributed by atoms with Crippen molar-refractivity contribution in [3.63, 3.8) is 0 Å². The summed E-state index contributed by atoms with van der Waals surface area (Å²) in [5.74, 6) is 1.88. The molecule has 0 amide bonds. The summed E-state index contributed by atoms with van der Waals surface area (Å²) in [6, 6.07) is 2.03. The minimum absolute atomic E-state index is 0.511. The molecule has 1 N–H and O–H groups in total. The topological polar surface area (TPSA) is 15.3 Å². The summed E-state index contributed by atoms with van der Waals surface area (Å²) in [4.78, 5) is 2.73. The average molecular weight is 248 g/mol. The number of hydrogen-bond donors (Lipinski definition) is 1. The Morgan fingerprint density at radius 1 is 1.06 bits per heavy atom. The summed E-state index contributed by atoms with van der Waals surface area (Å²) >= 11 is 0. The Morgan fingerprint density at radius 3 is 2.39 bits per heavy atom. The second-order valence-electron chi connectivity index (χ2n) is 6.69. The van der Waals surface area contributed by atoms with Crippen molar-refractivity contribution in [3.8, 4) is 0 Å². The van der Waals surface area contributed by atoms with E-state index in [1.54, 1.807) is 0 Å². The average Bonchev–Trinajstić information content (AvgIpc) is 2.53. The number of likely N-dealkylation sites (N-methyl/N-ethyl adjacent to an activating group) is 1. The number of hydrogen-bond acceptors (Lipinski definition) is 2. The van der Waals surface area contributed by atoms with E-state index < -0.39 is 0 Å². The molecule has 0 spiro atoms. The van der Waals surface area contributed by atoms with Crippen molar-refractivity contribution >= 4 is 0 Å². The lowest BCUT2D eigenvalue weighted by Crippen LogP contribution is -2.54. The van der Waals surface area contributed by atoms with Gasteiger partial charge in [-0.1, -0.05) is 13.0 Å². The quantitative estimate of drug-likeness (QED) is 0.767. The van der Waals surface area contributed by atoms with E-state index in [1.807, 2.05) is 0 Å². The van der Waals surface area contributed by atoms with E-state index in [0.717, 1.165) is 17.9 Å². The molecule has 2 heterocycles. The molecule has 102 valence electrons. The monoisotopic (exact) mass is 248 g/mol. The second-order valence-corrected chi connectivity index (χ2v) is 6.69. The van der Waals surface area contributed by atoms with Crippen LogP contribution in [0.4, 0.5) is 0 Å². The Labute approximate surface area is 112 Å². The van der Waals surface area contributed by atoms with Crippen LogP contribution in [-0.4, -0.2) is 30.1 Å². The third-order valence-corrected chi connectivity index (χ3v) is 5.78. The Hall–Kier alpha value is -0.500. The van der Waals surface area contributed by atoms with E-state index in [-0.39, 0.29) is 0 Å². The summed E-state index contributed by atoms with van der Waals surface area (Å²) in [6.45, 7) is 6.86. The van der Waals surface area contributed by atoms with E-state index in [1.165, 1.54) is 50.6 Å². The van der Waals surface area contributed by atoms with E-state index in [0.29, 0.717) is 12.1 Å². The zero-order valence-electron chi connectivity index (χ0n) is 12.0. The zero-order chi connectivity index (χ0) is 12.7. The summed E-state index contributed by atoms with van der Waals surface area (Å²) in [7, 11) is 2.09. The Kier molecular flexibility index (Phi) is 3.40. The maximum atomic E-state index is 4.45. The Balaban J connectivity index is 1.93. The Morgan fingerprint density at radius 2 is 1.72 bits per heavy atom. The maximum absolute atomic E-state index is 4.45. The first-order chi connectivity index (χ1) is 8.72. The fraction of sp³-hybridized carbons (Fsp3) is 0.875. The molecule has 1 saturated carbocycles. The van der Waals surface area contributed by atoms with Gasteiger partial charge in [-0.25, -0.2) is 0 Å². The molecule has 0 bridgehead atoms. The summed E-state index contributed by atoms with van der Waals surface area (Å²) < 4.78 is 0. The van der Waals surface area contributed by atoms with Crippen LogP contribution in [-0.2, 0) is 0 Å².